The molecule has 5 nitrogen and oxygen atoms in total. The summed E-state index contributed by atoms with van der Waals surface area (Å²) < 4.78 is 7.32. The summed E-state index contributed by atoms with van der Waals surface area (Å²) in [6.07, 6.45) is 0. The van der Waals surface area contributed by atoms with Crippen LogP contribution in [-0.4, -0.2) is 26.1 Å². The number of aryl methyl sites for hydroxylation is 1. The molecule has 0 aliphatic rings. The van der Waals surface area contributed by atoms with Crippen molar-refractivity contribution < 1.29 is 4.42 Å². The van der Waals surface area contributed by atoms with E-state index in [1.807, 2.05) is 6.92 Å². The Morgan fingerprint density at radius 3 is 2.65 bits per heavy atom. The van der Waals surface area contributed by atoms with Gasteiger partial charge in [0.2, 0.25) is 11.8 Å². The van der Waals surface area contributed by atoms with Crippen molar-refractivity contribution in [3.63, 3.8) is 0 Å². The van der Waals surface area contributed by atoms with E-state index < -0.39 is 0 Å². The van der Waals surface area contributed by atoms with Gasteiger partial charge in [-0.25, -0.2) is 0 Å². The highest BCUT2D eigenvalue weighted by Crippen LogP contribution is 2.37. The number of hydrogen-bond donors (Lipinski definition) is 0. The van der Waals surface area contributed by atoms with Crippen molar-refractivity contribution in [2.24, 2.45) is 0 Å². The molecular weight excluding hydrogens is 276 g/mol. The zero-order chi connectivity index (χ0) is 12.3. The largest absolute Gasteiger partial charge is 0.424 e. The topological polar surface area (TPSA) is 64.7 Å². The first-order valence-corrected chi connectivity index (χ1v) is 7.80. The minimum atomic E-state index is 0.101. The molecule has 8 heteroatoms. The molecule has 0 aliphatic heterocycles. The molecule has 0 bridgehead atoms. The molecule has 0 aliphatic carbocycles. The number of rotatable bonds is 5. The average molecular weight is 288 g/mol. The minimum absolute atomic E-state index is 0.101. The number of nitrogens with zero attached hydrogens (tertiary/aromatic N) is 4. The molecule has 1 atom stereocenters. The van der Waals surface area contributed by atoms with Crippen molar-refractivity contribution in [1.82, 2.24) is 20.4 Å². The summed E-state index contributed by atoms with van der Waals surface area (Å²) in [7, 11) is 0. The van der Waals surface area contributed by atoms with Crippen LogP contribution in [0.3, 0.4) is 0 Å². The van der Waals surface area contributed by atoms with Gasteiger partial charge in [0.15, 0.2) is 8.68 Å². The van der Waals surface area contributed by atoms with Crippen LogP contribution in [0.25, 0.3) is 0 Å². The van der Waals surface area contributed by atoms with Crippen LogP contribution in [-0.2, 0) is 0 Å². The van der Waals surface area contributed by atoms with E-state index in [-0.39, 0.29) is 5.25 Å². The van der Waals surface area contributed by atoms with E-state index in [4.69, 9.17) is 4.42 Å². The normalized spacial score (nSPS) is 12.9. The maximum absolute atomic E-state index is 5.38. The van der Waals surface area contributed by atoms with Gasteiger partial charge in [0.1, 0.15) is 0 Å². The van der Waals surface area contributed by atoms with Gasteiger partial charge in [0, 0.05) is 6.92 Å². The van der Waals surface area contributed by atoms with Gasteiger partial charge in [-0.2, -0.15) is 0 Å². The monoisotopic (exact) mass is 288 g/mol. The highest BCUT2D eigenvalue weighted by atomic mass is 32.2. The van der Waals surface area contributed by atoms with Gasteiger partial charge in [-0.1, -0.05) is 41.8 Å². The highest BCUT2D eigenvalue weighted by Gasteiger charge is 2.16. The summed E-state index contributed by atoms with van der Waals surface area (Å²) in [5.41, 5.74) is 0. The number of aromatic nitrogens is 4. The fraction of sp³-hybridized carbons (Fsp3) is 0.556. The Kier molecular flexibility index (Phi) is 4.41. The van der Waals surface area contributed by atoms with E-state index >= 15 is 0 Å². The van der Waals surface area contributed by atoms with Gasteiger partial charge >= 0.3 is 0 Å². The van der Waals surface area contributed by atoms with Crippen LogP contribution in [0.5, 0.6) is 0 Å². The van der Waals surface area contributed by atoms with Crippen LogP contribution in [0.1, 0.15) is 30.9 Å². The summed E-state index contributed by atoms with van der Waals surface area (Å²) in [5, 5.41) is 16.1. The molecule has 2 aromatic rings. The van der Waals surface area contributed by atoms with Crippen LogP contribution >= 0.6 is 34.9 Å². The Bertz CT molecular complexity index is 484. The molecule has 0 saturated heterocycles. The Labute approximate surface area is 112 Å². The summed E-state index contributed by atoms with van der Waals surface area (Å²) in [4.78, 5) is 0. The van der Waals surface area contributed by atoms with Crippen molar-refractivity contribution in [1.29, 1.82) is 0 Å². The van der Waals surface area contributed by atoms with Crippen LogP contribution in [0.4, 0.5) is 0 Å². The standard InChI is InChI=1S/C9H12N4OS3/c1-4-15-8-12-13-9(17-8)16-5(2)7-11-10-6(3)14-7/h5H,4H2,1-3H3/t5-/m1/s1. The van der Waals surface area contributed by atoms with Crippen molar-refractivity contribution in [3.8, 4) is 0 Å². The van der Waals surface area contributed by atoms with E-state index in [1.54, 1.807) is 41.8 Å². The molecule has 0 N–H and O–H groups in total. The maximum Gasteiger partial charge on any atom is 0.229 e. The third kappa shape index (κ3) is 3.43. The molecule has 0 aromatic carbocycles. The predicted molar refractivity (Wildman–Crippen MR) is 69.6 cm³/mol. The predicted octanol–water partition coefficient (Wildman–Crippen LogP) is 3.19. The summed E-state index contributed by atoms with van der Waals surface area (Å²) >= 11 is 4.90. The van der Waals surface area contributed by atoms with Gasteiger partial charge in [0.25, 0.3) is 0 Å². The molecule has 0 amide bonds. The Morgan fingerprint density at radius 1 is 1.24 bits per heavy atom. The Hall–Kier alpha value is -0.600. The van der Waals surface area contributed by atoms with Crippen LogP contribution in [0, 0.1) is 6.92 Å². The third-order valence-corrected chi connectivity index (χ3v) is 4.93. The fourth-order valence-corrected chi connectivity index (χ4v) is 4.20. The molecule has 0 unspecified atom stereocenters. The fourth-order valence-electron chi connectivity index (χ4n) is 1.10. The van der Waals surface area contributed by atoms with Crippen LogP contribution in [0.2, 0.25) is 0 Å². The first-order valence-electron chi connectivity index (χ1n) is 5.12. The lowest BCUT2D eigenvalue weighted by Gasteiger charge is -2.01. The maximum atomic E-state index is 5.38. The van der Waals surface area contributed by atoms with Crippen molar-refractivity contribution in [2.75, 3.05) is 5.75 Å². The van der Waals surface area contributed by atoms with Gasteiger partial charge in [-0.3, -0.25) is 0 Å². The van der Waals surface area contributed by atoms with Crippen LogP contribution < -0.4 is 0 Å². The molecule has 0 saturated carbocycles. The number of thioether (sulfide) groups is 2. The van der Waals surface area contributed by atoms with Gasteiger partial charge in [-0.15, -0.1) is 20.4 Å². The molecule has 0 spiro atoms. The van der Waals surface area contributed by atoms with Gasteiger partial charge in [0.05, 0.1) is 5.25 Å². The van der Waals surface area contributed by atoms with Gasteiger partial charge in [-0.05, 0) is 12.7 Å². The summed E-state index contributed by atoms with van der Waals surface area (Å²) in [5.74, 6) is 2.23. The second-order valence-electron chi connectivity index (χ2n) is 3.19. The van der Waals surface area contributed by atoms with E-state index in [2.05, 4.69) is 27.3 Å². The lowest BCUT2D eigenvalue weighted by atomic mass is 10.5. The van der Waals surface area contributed by atoms with E-state index in [0.29, 0.717) is 11.8 Å². The summed E-state index contributed by atoms with van der Waals surface area (Å²) in [6.45, 7) is 5.91. The molecular formula is C9H12N4OS3. The Morgan fingerprint density at radius 2 is 2.00 bits per heavy atom. The lowest BCUT2D eigenvalue weighted by Crippen LogP contribution is -1.88. The minimum Gasteiger partial charge on any atom is -0.424 e. The first kappa shape index (κ1) is 12.8. The number of hydrogen-bond acceptors (Lipinski definition) is 8. The second kappa shape index (κ2) is 5.83. The second-order valence-corrected chi connectivity index (χ2v) is 7.26. The molecule has 2 heterocycles. The molecule has 2 rings (SSSR count). The third-order valence-electron chi connectivity index (χ3n) is 1.82. The van der Waals surface area contributed by atoms with E-state index in [1.165, 1.54) is 0 Å². The lowest BCUT2D eigenvalue weighted by molar-refractivity contribution is 0.470. The average Bonchev–Trinajstić information content (AvgIpc) is 2.88. The molecule has 0 fully saturated rings. The zero-order valence-corrected chi connectivity index (χ0v) is 12.2. The molecule has 2 aromatic heterocycles. The van der Waals surface area contributed by atoms with Crippen LogP contribution in [0.15, 0.2) is 13.1 Å². The SMILES string of the molecule is CCSc1nnc(S[C@H](C)c2nnc(C)o2)s1. The quantitative estimate of drug-likeness (QED) is 0.783. The highest BCUT2D eigenvalue weighted by molar-refractivity contribution is 8.03. The zero-order valence-electron chi connectivity index (χ0n) is 9.71. The van der Waals surface area contributed by atoms with E-state index in [0.717, 1.165) is 14.4 Å². The van der Waals surface area contributed by atoms with Crippen molar-refractivity contribution in [3.05, 3.63) is 11.8 Å². The molecule has 17 heavy (non-hydrogen) atoms. The van der Waals surface area contributed by atoms with Crippen molar-refractivity contribution >= 4 is 34.9 Å². The summed E-state index contributed by atoms with van der Waals surface area (Å²) in [6, 6.07) is 0. The molecule has 92 valence electrons. The Balaban J connectivity index is 1.99. The van der Waals surface area contributed by atoms with Crippen molar-refractivity contribution in [2.45, 2.75) is 34.7 Å². The molecule has 0 radical (unpaired) electrons. The van der Waals surface area contributed by atoms with E-state index in [9.17, 15) is 0 Å². The van der Waals surface area contributed by atoms with Gasteiger partial charge < -0.3 is 4.42 Å². The smallest absolute Gasteiger partial charge is 0.229 e. The first-order chi connectivity index (χ1) is 8.19.